The van der Waals surface area contributed by atoms with Crippen LogP contribution in [0.25, 0.3) is 0 Å². The second-order valence-corrected chi connectivity index (χ2v) is 5.16. The quantitative estimate of drug-likeness (QED) is 0.484. The predicted octanol–water partition coefficient (Wildman–Crippen LogP) is 0.382. The van der Waals surface area contributed by atoms with Gasteiger partial charge in [-0.1, -0.05) is 32.0 Å². The standard InChI is InChI=1S/C7H16N2O2S2/c1-2-3-4-5-9-13(10,11)6-7(8)12/h9H,2-6H2,1H3,(H2,8,12). The molecule has 13 heavy (non-hydrogen) atoms. The van der Waals surface area contributed by atoms with Crippen molar-refractivity contribution in [2.45, 2.75) is 26.2 Å². The molecule has 0 unspecified atom stereocenters. The molecule has 0 atom stereocenters. The molecule has 0 saturated heterocycles. The van der Waals surface area contributed by atoms with E-state index in [1.165, 1.54) is 0 Å². The Morgan fingerprint density at radius 1 is 1.46 bits per heavy atom. The second kappa shape index (κ2) is 6.28. The summed E-state index contributed by atoms with van der Waals surface area (Å²) in [5, 5.41) is 0. The lowest BCUT2D eigenvalue weighted by Crippen LogP contribution is -2.32. The van der Waals surface area contributed by atoms with E-state index in [2.05, 4.69) is 23.9 Å². The zero-order valence-corrected chi connectivity index (χ0v) is 9.38. The van der Waals surface area contributed by atoms with Crippen molar-refractivity contribution < 1.29 is 8.42 Å². The third-order valence-corrected chi connectivity index (χ3v) is 3.10. The Labute approximate surface area is 84.9 Å². The third-order valence-electron chi connectivity index (χ3n) is 1.43. The number of nitrogens with one attached hydrogen (secondary N) is 1. The van der Waals surface area contributed by atoms with Crippen LogP contribution in [0.5, 0.6) is 0 Å². The van der Waals surface area contributed by atoms with Gasteiger partial charge >= 0.3 is 0 Å². The van der Waals surface area contributed by atoms with Gasteiger partial charge in [0, 0.05) is 6.54 Å². The van der Waals surface area contributed by atoms with Gasteiger partial charge in [-0.3, -0.25) is 0 Å². The van der Waals surface area contributed by atoms with E-state index in [4.69, 9.17) is 5.73 Å². The molecule has 0 aliphatic carbocycles. The molecule has 0 spiro atoms. The van der Waals surface area contributed by atoms with E-state index in [0.717, 1.165) is 19.3 Å². The fourth-order valence-corrected chi connectivity index (χ4v) is 2.24. The molecule has 3 N–H and O–H groups in total. The van der Waals surface area contributed by atoms with Gasteiger partial charge in [0.2, 0.25) is 10.0 Å². The summed E-state index contributed by atoms with van der Waals surface area (Å²) in [6.07, 6.45) is 2.94. The van der Waals surface area contributed by atoms with E-state index in [1.807, 2.05) is 0 Å². The van der Waals surface area contributed by atoms with Crippen molar-refractivity contribution in [2.75, 3.05) is 12.3 Å². The highest BCUT2D eigenvalue weighted by atomic mass is 32.2. The lowest BCUT2D eigenvalue weighted by atomic mass is 10.3. The Bertz CT molecular complexity index is 249. The van der Waals surface area contributed by atoms with E-state index in [-0.39, 0.29) is 10.7 Å². The maximum Gasteiger partial charge on any atom is 0.218 e. The number of thiocarbonyl (C=S) groups is 1. The Morgan fingerprint density at radius 2 is 2.08 bits per heavy atom. The number of rotatable bonds is 7. The van der Waals surface area contributed by atoms with E-state index in [0.29, 0.717) is 6.54 Å². The van der Waals surface area contributed by atoms with Gasteiger partial charge < -0.3 is 5.73 Å². The fourth-order valence-electron chi connectivity index (χ4n) is 0.841. The minimum absolute atomic E-state index is 0.00277. The summed E-state index contributed by atoms with van der Waals surface area (Å²) in [6.45, 7) is 2.53. The van der Waals surface area contributed by atoms with Crippen LogP contribution in [0.4, 0.5) is 0 Å². The highest BCUT2D eigenvalue weighted by Gasteiger charge is 2.09. The number of hydrogen-bond acceptors (Lipinski definition) is 3. The summed E-state index contributed by atoms with van der Waals surface area (Å²) in [7, 11) is -3.28. The Hall–Kier alpha value is -0.200. The van der Waals surface area contributed by atoms with Crippen molar-refractivity contribution >= 4 is 27.2 Å². The number of unbranched alkanes of at least 4 members (excludes halogenated alkanes) is 2. The van der Waals surface area contributed by atoms with Crippen molar-refractivity contribution in [1.29, 1.82) is 0 Å². The molecule has 6 heteroatoms. The number of hydrogen-bond donors (Lipinski definition) is 2. The van der Waals surface area contributed by atoms with Gasteiger partial charge in [0.05, 0.1) is 4.99 Å². The normalized spacial score (nSPS) is 11.5. The van der Waals surface area contributed by atoms with Crippen molar-refractivity contribution in [3.05, 3.63) is 0 Å². The fraction of sp³-hybridized carbons (Fsp3) is 0.857. The van der Waals surface area contributed by atoms with Crippen LogP contribution in [0.2, 0.25) is 0 Å². The maximum absolute atomic E-state index is 11.1. The van der Waals surface area contributed by atoms with Crippen LogP contribution in [-0.4, -0.2) is 25.7 Å². The van der Waals surface area contributed by atoms with Crippen LogP contribution in [0.3, 0.4) is 0 Å². The minimum Gasteiger partial charge on any atom is -0.392 e. The lowest BCUT2D eigenvalue weighted by molar-refractivity contribution is 0.580. The summed E-state index contributed by atoms with van der Waals surface area (Å²) < 4.78 is 24.7. The Morgan fingerprint density at radius 3 is 2.54 bits per heavy atom. The highest BCUT2D eigenvalue weighted by Crippen LogP contribution is 1.93. The van der Waals surface area contributed by atoms with Crippen LogP contribution in [0, 0.1) is 0 Å². The summed E-state index contributed by atoms with van der Waals surface area (Å²) in [4.78, 5) is 0.00277. The first-order chi connectivity index (χ1) is 5.98. The molecule has 0 fully saturated rings. The van der Waals surface area contributed by atoms with Crippen molar-refractivity contribution in [2.24, 2.45) is 5.73 Å². The smallest absolute Gasteiger partial charge is 0.218 e. The third kappa shape index (κ3) is 8.14. The topological polar surface area (TPSA) is 72.2 Å². The lowest BCUT2D eigenvalue weighted by Gasteiger charge is -2.04. The van der Waals surface area contributed by atoms with Crippen LogP contribution >= 0.6 is 12.2 Å². The van der Waals surface area contributed by atoms with E-state index in [9.17, 15) is 8.42 Å². The summed E-state index contributed by atoms with van der Waals surface area (Å²) in [5.74, 6) is -0.255. The molecule has 0 amide bonds. The van der Waals surface area contributed by atoms with Gasteiger partial charge in [0.15, 0.2) is 0 Å². The van der Waals surface area contributed by atoms with Gasteiger partial charge in [0.25, 0.3) is 0 Å². The molecule has 0 radical (unpaired) electrons. The van der Waals surface area contributed by atoms with Gasteiger partial charge in [-0.15, -0.1) is 0 Å². The second-order valence-electron chi connectivity index (χ2n) is 2.83. The molecule has 78 valence electrons. The van der Waals surface area contributed by atoms with Crippen LogP contribution < -0.4 is 10.5 Å². The molecule has 0 bridgehead atoms. The summed E-state index contributed by atoms with van der Waals surface area (Å²) >= 11 is 4.50. The molecule has 0 aromatic carbocycles. The van der Waals surface area contributed by atoms with E-state index >= 15 is 0 Å². The molecular formula is C7H16N2O2S2. The average Bonchev–Trinajstić information content (AvgIpc) is 1.95. The zero-order valence-electron chi connectivity index (χ0n) is 7.75. The van der Waals surface area contributed by atoms with Gasteiger partial charge in [-0.2, -0.15) is 0 Å². The summed E-state index contributed by atoms with van der Waals surface area (Å²) in [6, 6.07) is 0. The minimum atomic E-state index is -3.28. The molecule has 0 heterocycles. The predicted molar refractivity (Wildman–Crippen MR) is 58.1 cm³/mol. The highest BCUT2D eigenvalue weighted by molar-refractivity contribution is 7.92. The molecule has 0 aliphatic rings. The molecule has 0 aromatic rings. The average molecular weight is 224 g/mol. The van der Waals surface area contributed by atoms with E-state index in [1.54, 1.807) is 0 Å². The first-order valence-electron chi connectivity index (χ1n) is 4.23. The van der Waals surface area contributed by atoms with Crippen molar-refractivity contribution in [1.82, 2.24) is 4.72 Å². The van der Waals surface area contributed by atoms with Crippen LogP contribution in [0.1, 0.15) is 26.2 Å². The maximum atomic E-state index is 11.1. The zero-order chi connectivity index (χ0) is 10.3. The summed E-state index contributed by atoms with van der Waals surface area (Å²) in [5.41, 5.74) is 5.12. The molecular weight excluding hydrogens is 208 g/mol. The van der Waals surface area contributed by atoms with Crippen molar-refractivity contribution in [3.8, 4) is 0 Å². The van der Waals surface area contributed by atoms with Gasteiger partial charge in [-0.05, 0) is 6.42 Å². The monoisotopic (exact) mass is 224 g/mol. The van der Waals surface area contributed by atoms with Gasteiger partial charge in [-0.25, -0.2) is 13.1 Å². The molecule has 0 aliphatic heterocycles. The number of sulfonamides is 1. The first kappa shape index (κ1) is 12.8. The largest absolute Gasteiger partial charge is 0.392 e. The molecule has 0 rings (SSSR count). The van der Waals surface area contributed by atoms with Gasteiger partial charge in [0.1, 0.15) is 5.75 Å². The van der Waals surface area contributed by atoms with Crippen LogP contribution in [0.15, 0.2) is 0 Å². The van der Waals surface area contributed by atoms with Crippen molar-refractivity contribution in [3.63, 3.8) is 0 Å². The molecule has 0 saturated carbocycles. The molecule has 4 nitrogen and oxygen atoms in total. The number of nitrogens with two attached hydrogens (primary N) is 1. The first-order valence-corrected chi connectivity index (χ1v) is 6.29. The van der Waals surface area contributed by atoms with E-state index < -0.39 is 10.0 Å². The SMILES string of the molecule is CCCCCNS(=O)(=O)CC(N)=S. The Kier molecular flexibility index (Phi) is 6.19. The van der Waals surface area contributed by atoms with Crippen LogP contribution in [-0.2, 0) is 10.0 Å². The Balaban J connectivity index is 3.71. The molecule has 0 aromatic heterocycles.